The van der Waals surface area contributed by atoms with Crippen LogP contribution in [0.5, 0.6) is 0 Å². The molecule has 11 heteroatoms. The highest BCUT2D eigenvalue weighted by Crippen LogP contribution is 2.27. The standard InChI is InChI=1S/C34H59N5O6/c1-12-45-28(40)21-36(10)32(43)26-17-15-19-39(26)31(42)24(6)20-27(22(2)3)37(11)33(44)29(34(7,8)9)35-30(41)25-16-13-14-18-38(25)23(4)5/h20,22-23,25-27,29H,12-19,21H2,1-11H3,(H,35,41)/t25?,26-,27+,29+/m0/s1. The fourth-order valence-electron chi connectivity index (χ4n) is 6.40. The second-order valence-corrected chi connectivity index (χ2v) is 14.3. The average molecular weight is 634 g/mol. The van der Waals surface area contributed by atoms with Crippen molar-refractivity contribution in [3.8, 4) is 0 Å². The van der Waals surface area contributed by atoms with Crippen molar-refractivity contribution in [2.24, 2.45) is 11.3 Å². The van der Waals surface area contributed by atoms with Crippen LogP contribution in [0.1, 0.15) is 94.4 Å². The van der Waals surface area contributed by atoms with Crippen molar-refractivity contribution in [1.29, 1.82) is 0 Å². The molecular formula is C34H59N5O6. The lowest BCUT2D eigenvalue weighted by Gasteiger charge is -2.41. The number of carbonyl (C=O) groups is 5. The first-order chi connectivity index (χ1) is 20.9. The van der Waals surface area contributed by atoms with Crippen LogP contribution in [0, 0.1) is 11.3 Å². The Balaban J connectivity index is 2.25. The molecule has 1 N–H and O–H groups in total. The van der Waals surface area contributed by atoms with Gasteiger partial charge in [-0.1, -0.05) is 47.1 Å². The van der Waals surface area contributed by atoms with Crippen molar-refractivity contribution in [3.05, 3.63) is 11.6 Å². The third-order valence-electron chi connectivity index (χ3n) is 8.99. The number of hydrogen-bond acceptors (Lipinski definition) is 7. The van der Waals surface area contributed by atoms with Gasteiger partial charge in [-0.3, -0.25) is 28.9 Å². The van der Waals surface area contributed by atoms with E-state index < -0.39 is 29.5 Å². The van der Waals surface area contributed by atoms with Crippen molar-refractivity contribution in [3.63, 3.8) is 0 Å². The van der Waals surface area contributed by atoms with E-state index >= 15 is 0 Å². The van der Waals surface area contributed by atoms with E-state index in [4.69, 9.17) is 4.74 Å². The monoisotopic (exact) mass is 633 g/mol. The molecule has 1 unspecified atom stereocenters. The molecule has 0 radical (unpaired) electrons. The van der Waals surface area contributed by atoms with Gasteiger partial charge in [-0.2, -0.15) is 0 Å². The second-order valence-electron chi connectivity index (χ2n) is 14.3. The van der Waals surface area contributed by atoms with Crippen LogP contribution < -0.4 is 5.32 Å². The number of rotatable bonds is 12. The van der Waals surface area contributed by atoms with Crippen LogP contribution >= 0.6 is 0 Å². The van der Waals surface area contributed by atoms with Gasteiger partial charge in [0.2, 0.25) is 23.6 Å². The van der Waals surface area contributed by atoms with Gasteiger partial charge in [-0.15, -0.1) is 0 Å². The minimum absolute atomic E-state index is 0.0282. The van der Waals surface area contributed by atoms with Crippen molar-refractivity contribution < 1.29 is 28.7 Å². The van der Waals surface area contributed by atoms with Gasteiger partial charge >= 0.3 is 5.97 Å². The van der Waals surface area contributed by atoms with Crippen LogP contribution in [-0.2, 0) is 28.7 Å². The molecular weight excluding hydrogens is 574 g/mol. The molecule has 0 bridgehead atoms. The number of ether oxygens (including phenoxy) is 1. The molecule has 4 amide bonds. The lowest BCUT2D eigenvalue weighted by molar-refractivity contribution is -0.150. The molecule has 4 atom stereocenters. The lowest BCUT2D eigenvalue weighted by Crippen LogP contribution is -2.60. The SMILES string of the molecule is CCOC(=O)CN(C)C(=O)[C@@H]1CCCN1C(=O)C(C)=C[C@H](C(C)C)N(C)C(=O)[C@@H](NC(=O)C1CCCCN1C(C)C)C(C)(C)C. The summed E-state index contributed by atoms with van der Waals surface area (Å²) in [6, 6.07) is -1.88. The van der Waals surface area contributed by atoms with Crippen LogP contribution in [-0.4, -0.2) is 120 Å². The summed E-state index contributed by atoms with van der Waals surface area (Å²) in [4.78, 5) is 73.3. The van der Waals surface area contributed by atoms with Crippen LogP contribution in [0.2, 0.25) is 0 Å². The number of nitrogens with one attached hydrogen (secondary N) is 1. The summed E-state index contributed by atoms with van der Waals surface area (Å²) >= 11 is 0. The van der Waals surface area contributed by atoms with Gasteiger partial charge in [0.1, 0.15) is 18.6 Å². The van der Waals surface area contributed by atoms with Gasteiger partial charge in [0.15, 0.2) is 0 Å². The Morgan fingerprint density at radius 2 is 1.58 bits per heavy atom. The molecule has 2 aliphatic heterocycles. The van der Waals surface area contributed by atoms with Crippen molar-refractivity contribution in [1.82, 2.24) is 24.9 Å². The molecule has 0 aromatic carbocycles. The van der Waals surface area contributed by atoms with Gasteiger partial charge in [-0.25, -0.2) is 0 Å². The zero-order chi connectivity index (χ0) is 34.2. The van der Waals surface area contributed by atoms with Crippen molar-refractivity contribution >= 4 is 29.6 Å². The molecule has 11 nitrogen and oxygen atoms in total. The molecule has 0 aliphatic carbocycles. The van der Waals surface area contributed by atoms with E-state index in [1.165, 1.54) is 11.9 Å². The number of esters is 1. The molecule has 0 aromatic rings. The topological polar surface area (TPSA) is 120 Å². The van der Waals surface area contributed by atoms with E-state index in [1.807, 2.05) is 34.6 Å². The van der Waals surface area contributed by atoms with E-state index in [2.05, 4.69) is 24.1 Å². The first-order valence-electron chi connectivity index (χ1n) is 16.6. The molecule has 2 rings (SSSR count). The molecule has 256 valence electrons. The number of hydrogen-bond donors (Lipinski definition) is 1. The Hall–Kier alpha value is -2.95. The number of amides is 4. The Bertz CT molecular complexity index is 1100. The Kier molecular flexibility index (Phi) is 14.1. The summed E-state index contributed by atoms with van der Waals surface area (Å²) < 4.78 is 4.97. The third kappa shape index (κ3) is 10.0. The van der Waals surface area contributed by atoms with Crippen molar-refractivity contribution in [2.75, 3.05) is 40.3 Å². The van der Waals surface area contributed by atoms with Gasteiger partial charge in [0.05, 0.1) is 18.7 Å². The molecule has 2 aliphatic rings. The minimum Gasteiger partial charge on any atom is -0.465 e. The van der Waals surface area contributed by atoms with Crippen LogP contribution in [0.15, 0.2) is 11.6 Å². The van der Waals surface area contributed by atoms with E-state index in [-0.39, 0.29) is 54.8 Å². The highest BCUT2D eigenvalue weighted by molar-refractivity contribution is 5.97. The van der Waals surface area contributed by atoms with E-state index in [0.717, 1.165) is 25.8 Å². The number of nitrogens with zero attached hydrogens (tertiary/aromatic N) is 4. The normalized spacial score (nSPS) is 21.0. The lowest BCUT2D eigenvalue weighted by atomic mass is 9.84. The first kappa shape index (κ1) is 38.2. The van der Waals surface area contributed by atoms with Crippen LogP contribution in [0.3, 0.4) is 0 Å². The van der Waals surface area contributed by atoms with Crippen LogP contribution in [0.25, 0.3) is 0 Å². The summed E-state index contributed by atoms with van der Waals surface area (Å²) in [5.41, 5.74) is -0.111. The predicted molar refractivity (Wildman–Crippen MR) is 175 cm³/mol. The number of piperidine rings is 1. The maximum atomic E-state index is 14.1. The first-order valence-corrected chi connectivity index (χ1v) is 16.6. The molecule has 0 saturated carbocycles. The number of likely N-dealkylation sites (tertiary alicyclic amines) is 2. The second kappa shape index (κ2) is 16.6. The van der Waals surface area contributed by atoms with Gasteiger partial charge in [0.25, 0.3) is 0 Å². The summed E-state index contributed by atoms with van der Waals surface area (Å²) in [5, 5.41) is 3.11. The van der Waals surface area contributed by atoms with E-state index in [0.29, 0.717) is 25.0 Å². The zero-order valence-corrected chi connectivity index (χ0v) is 29.6. The fraction of sp³-hybridized carbons (Fsp3) is 0.794. The van der Waals surface area contributed by atoms with E-state index in [9.17, 15) is 24.0 Å². The fourth-order valence-corrected chi connectivity index (χ4v) is 6.40. The molecule has 0 spiro atoms. The molecule has 2 heterocycles. The summed E-state index contributed by atoms with van der Waals surface area (Å²) in [5.74, 6) is -1.42. The largest absolute Gasteiger partial charge is 0.465 e. The van der Waals surface area contributed by atoms with Gasteiger partial charge in [-0.05, 0) is 71.3 Å². The molecule has 0 aromatic heterocycles. The number of carbonyl (C=O) groups excluding carboxylic acids is 5. The van der Waals surface area contributed by atoms with E-state index in [1.54, 1.807) is 36.8 Å². The maximum Gasteiger partial charge on any atom is 0.325 e. The average Bonchev–Trinajstić information content (AvgIpc) is 3.46. The zero-order valence-electron chi connectivity index (χ0n) is 29.6. The quantitative estimate of drug-likeness (QED) is 0.259. The van der Waals surface area contributed by atoms with Gasteiger partial charge in [0, 0.05) is 32.3 Å². The molecule has 2 saturated heterocycles. The smallest absolute Gasteiger partial charge is 0.325 e. The van der Waals surface area contributed by atoms with Crippen molar-refractivity contribution in [2.45, 2.75) is 125 Å². The predicted octanol–water partition coefficient (Wildman–Crippen LogP) is 3.22. The summed E-state index contributed by atoms with van der Waals surface area (Å²) in [6.07, 6.45) is 5.80. The van der Waals surface area contributed by atoms with Gasteiger partial charge < -0.3 is 24.8 Å². The maximum absolute atomic E-state index is 14.1. The molecule has 2 fully saturated rings. The number of likely N-dealkylation sites (N-methyl/N-ethyl adjacent to an activating group) is 2. The Morgan fingerprint density at radius 1 is 0.956 bits per heavy atom. The molecule has 45 heavy (non-hydrogen) atoms. The van der Waals surface area contributed by atoms with Crippen LogP contribution in [0.4, 0.5) is 0 Å². The highest BCUT2D eigenvalue weighted by atomic mass is 16.5. The summed E-state index contributed by atoms with van der Waals surface area (Å²) in [7, 11) is 3.26. The minimum atomic E-state index is -0.757. The highest BCUT2D eigenvalue weighted by Gasteiger charge is 2.41. The Morgan fingerprint density at radius 3 is 2.13 bits per heavy atom. The Labute approximate surface area is 271 Å². The summed E-state index contributed by atoms with van der Waals surface area (Å²) in [6.45, 7) is 18.8. The third-order valence-corrected chi connectivity index (χ3v) is 8.99.